The molecule has 5 nitrogen and oxygen atoms in total. The van der Waals surface area contributed by atoms with E-state index in [0.717, 1.165) is 17.0 Å². The Balaban J connectivity index is 1.55. The van der Waals surface area contributed by atoms with Gasteiger partial charge in [-0.15, -0.1) is 0 Å². The van der Waals surface area contributed by atoms with Gasteiger partial charge in [0.1, 0.15) is 5.82 Å². The maximum atomic E-state index is 10.2. The zero-order valence-electron chi connectivity index (χ0n) is 13.0. The molecule has 0 radical (unpaired) electrons. The molecule has 0 saturated carbocycles. The van der Waals surface area contributed by atoms with Gasteiger partial charge in [-0.05, 0) is 23.8 Å². The number of hydrogen-bond donors (Lipinski definition) is 1. The Hall–Kier alpha value is -2.21. The van der Waals surface area contributed by atoms with Gasteiger partial charge in [0, 0.05) is 35.4 Å². The minimum Gasteiger partial charge on any atom is -0.389 e. The number of hydrogen-bond acceptors (Lipinski definition) is 4. The summed E-state index contributed by atoms with van der Waals surface area (Å²) in [7, 11) is 0. The Kier molecular flexibility index (Phi) is 5.59. The summed E-state index contributed by atoms with van der Waals surface area (Å²) in [5.74, 6) is 0.794. The van der Waals surface area contributed by atoms with Crippen molar-refractivity contribution in [3.8, 4) is 11.4 Å². The largest absolute Gasteiger partial charge is 0.389 e. The number of halogens is 1. The maximum Gasteiger partial charge on any atom is 0.140 e. The molecule has 24 heavy (non-hydrogen) atoms. The summed E-state index contributed by atoms with van der Waals surface area (Å²) in [6.45, 7) is 0.997. The van der Waals surface area contributed by atoms with Gasteiger partial charge in [0.25, 0.3) is 0 Å². The van der Waals surface area contributed by atoms with Crippen molar-refractivity contribution in [2.24, 2.45) is 0 Å². The normalized spacial score (nSPS) is 12.2. The van der Waals surface area contributed by atoms with Crippen LogP contribution in [0.3, 0.4) is 0 Å². The molecule has 3 aromatic rings. The molecule has 0 spiro atoms. The lowest BCUT2D eigenvalue weighted by Gasteiger charge is -2.14. The highest BCUT2D eigenvalue weighted by Gasteiger charge is 2.11. The molecule has 0 aliphatic rings. The molecule has 0 bridgehead atoms. The third kappa shape index (κ3) is 4.20. The smallest absolute Gasteiger partial charge is 0.140 e. The molecule has 1 N–H and O–H groups in total. The quantitative estimate of drug-likeness (QED) is 0.715. The molecule has 1 aromatic carbocycles. The van der Waals surface area contributed by atoms with E-state index in [-0.39, 0.29) is 6.61 Å². The minimum absolute atomic E-state index is 0.221. The fraction of sp³-hybridized carbons (Fsp3) is 0.222. The number of pyridine rings is 1. The van der Waals surface area contributed by atoms with Gasteiger partial charge in [-0.1, -0.05) is 29.8 Å². The van der Waals surface area contributed by atoms with E-state index in [0.29, 0.717) is 18.2 Å². The van der Waals surface area contributed by atoms with Crippen LogP contribution in [-0.4, -0.2) is 32.4 Å². The van der Waals surface area contributed by atoms with Crippen molar-refractivity contribution >= 4 is 11.6 Å². The van der Waals surface area contributed by atoms with E-state index in [2.05, 4.69) is 9.97 Å². The Bertz CT molecular complexity index is 777. The van der Waals surface area contributed by atoms with Gasteiger partial charge in [0.2, 0.25) is 0 Å². The molecule has 2 aromatic heterocycles. The van der Waals surface area contributed by atoms with Crippen molar-refractivity contribution in [2.45, 2.75) is 19.3 Å². The lowest BCUT2D eigenvalue weighted by molar-refractivity contribution is 0.0206. The van der Waals surface area contributed by atoms with Crippen molar-refractivity contribution in [1.82, 2.24) is 14.5 Å². The first-order valence-electron chi connectivity index (χ1n) is 7.65. The molecule has 0 aliphatic heterocycles. The van der Waals surface area contributed by atoms with Crippen LogP contribution in [0.1, 0.15) is 5.56 Å². The highest BCUT2D eigenvalue weighted by atomic mass is 35.5. The highest BCUT2D eigenvalue weighted by molar-refractivity contribution is 6.31. The van der Waals surface area contributed by atoms with Crippen molar-refractivity contribution in [3.63, 3.8) is 0 Å². The molecule has 0 amide bonds. The number of benzene rings is 1. The van der Waals surface area contributed by atoms with Crippen LogP contribution < -0.4 is 0 Å². The summed E-state index contributed by atoms with van der Waals surface area (Å²) < 4.78 is 7.48. The molecule has 3 rings (SSSR count). The Morgan fingerprint density at radius 3 is 2.71 bits per heavy atom. The molecule has 6 heteroatoms. The molecule has 1 atom stereocenters. The molecule has 124 valence electrons. The Labute approximate surface area is 145 Å². The van der Waals surface area contributed by atoms with E-state index in [9.17, 15) is 5.11 Å². The number of ether oxygens (including phenoxy) is 1. The fourth-order valence-electron chi connectivity index (χ4n) is 2.42. The van der Waals surface area contributed by atoms with E-state index in [1.807, 2.05) is 47.2 Å². The number of aliphatic hydroxyl groups excluding tert-OH is 1. The van der Waals surface area contributed by atoms with Gasteiger partial charge >= 0.3 is 0 Å². The summed E-state index contributed by atoms with van der Waals surface area (Å²) >= 11 is 6.08. The molecular formula is C18H18ClN3O2. The third-order valence-corrected chi connectivity index (χ3v) is 3.96. The van der Waals surface area contributed by atoms with E-state index >= 15 is 0 Å². The molecular weight excluding hydrogens is 326 g/mol. The molecule has 0 aliphatic carbocycles. The first-order chi connectivity index (χ1) is 11.7. The van der Waals surface area contributed by atoms with Gasteiger partial charge in [-0.2, -0.15) is 0 Å². The number of imidazole rings is 1. The zero-order chi connectivity index (χ0) is 16.8. The second-order valence-corrected chi connectivity index (χ2v) is 5.81. The minimum atomic E-state index is -0.637. The summed E-state index contributed by atoms with van der Waals surface area (Å²) in [6.07, 6.45) is 6.36. The number of aliphatic hydroxyl groups is 1. The average Bonchev–Trinajstić information content (AvgIpc) is 3.05. The van der Waals surface area contributed by atoms with E-state index < -0.39 is 6.10 Å². The van der Waals surface area contributed by atoms with Crippen molar-refractivity contribution in [3.05, 3.63) is 71.8 Å². The zero-order valence-corrected chi connectivity index (χ0v) is 13.8. The van der Waals surface area contributed by atoms with Crippen LogP contribution in [0.25, 0.3) is 11.4 Å². The van der Waals surface area contributed by atoms with Crippen LogP contribution in [0, 0.1) is 0 Å². The molecule has 0 fully saturated rings. The van der Waals surface area contributed by atoms with E-state index in [4.69, 9.17) is 16.3 Å². The van der Waals surface area contributed by atoms with Gasteiger partial charge in [-0.3, -0.25) is 4.98 Å². The molecule has 1 unspecified atom stereocenters. The summed E-state index contributed by atoms with van der Waals surface area (Å²) in [6, 6.07) is 11.3. The number of rotatable bonds is 7. The van der Waals surface area contributed by atoms with Crippen molar-refractivity contribution in [2.75, 3.05) is 6.61 Å². The maximum absolute atomic E-state index is 10.2. The fourth-order valence-corrected chi connectivity index (χ4v) is 2.61. The van der Waals surface area contributed by atoms with Crippen molar-refractivity contribution < 1.29 is 9.84 Å². The van der Waals surface area contributed by atoms with Crippen LogP contribution in [0.15, 0.2) is 61.2 Å². The highest BCUT2D eigenvalue weighted by Crippen LogP contribution is 2.17. The summed E-state index contributed by atoms with van der Waals surface area (Å²) in [4.78, 5) is 8.35. The summed E-state index contributed by atoms with van der Waals surface area (Å²) in [5.41, 5.74) is 1.87. The second kappa shape index (κ2) is 8.06. The van der Waals surface area contributed by atoms with E-state index in [1.165, 1.54) is 0 Å². The Morgan fingerprint density at radius 2 is 1.92 bits per heavy atom. The first kappa shape index (κ1) is 16.6. The van der Waals surface area contributed by atoms with Gasteiger partial charge in [-0.25, -0.2) is 4.98 Å². The second-order valence-electron chi connectivity index (χ2n) is 5.40. The first-order valence-corrected chi connectivity index (χ1v) is 8.02. The lowest BCUT2D eigenvalue weighted by Crippen LogP contribution is -2.22. The third-order valence-electron chi connectivity index (χ3n) is 3.59. The monoisotopic (exact) mass is 343 g/mol. The SMILES string of the molecule is OC(COCc1ccccc1Cl)Cn1ccnc1-c1ccncc1. The number of nitrogens with zero attached hydrogens (tertiary/aromatic N) is 3. The summed E-state index contributed by atoms with van der Waals surface area (Å²) in [5, 5.41) is 10.9. The Morgan fingerprint density at radius 1 is 1.12 bits per heavy atom. The topological polar surface area (TPSA) is 60.2 Å². The van der Waals surface area contributed by atoms with E-state index in [1.54, 1.807) is 18.6 Å². The van der Waals surface area contributed by atoms with Gasteiger partial charge < -0.3 is 14.4 Å². The molecule has 2 heterocycles. The predicted molar refractivity (Wildman–Crippen MR) is 92.6 cm³/mol. The van der Waals surface area contributed by atoms with Crippen LogP contribution in [0.2, 0.25) is 5.02 Å². The van der Waals surface area contributed by atoms with Crippen LogP contribution >= 0.6 is 11.6 Å². The van der Waals surface area contributed by atoms with Crippen molar-refractivity contribution in [1.29, 1.82) is 0 Å². The predicted octanol–water partition coefficient (Wildman–Crippen LogP) is 3.18. The van der Waals surface area contributed by atoms with Crippen LogP contribution in [0.5, 0.6) is 0 Å². The molecule has 0 saturated heterocycles. The number of aromatic nitrogens is 3. The lowest BCUT2D eigenvalue weighted by atomic mass is 10.2. The van der Waals surface area contributed by atoms with Crippen LogP contribution in [0.4, 0.5) is 0 Å². The standard InChI is InChI=1S/C18H18ClN3O2/c19-17-4-2-1-3-15(17)12-24-13-16(23)11-22-10-9-21-18(22)14-5-7-20-8-6-14/h1-10,16,23H,11-13H2. The van der Waals surface area contributed by atoms with Crippen LogP contribution in [-0.2, 0) is 17.9 Å². The van der Waals surface area contributed by atoms with Gasteiger partial charge in [0.05, 0.1) is 25.9 Å². The van der Waals surface area contributed by atoms with Gasteiger partial charge in [0.15, 0.2) is 0 Å². The average molecular weight is 344 g/mol.